The molecule has 1 amide bonds. The Morgan fingerprint density at radius 3 is 2.04 bits per heavy atom. The summed E-state index contributed by atoms with van der Waals surface area (Å²) in [6.45, 7) is 1.93. The van der Waals surface area contributed by atoms with Crippen LogP contribution in [0.15, 0.2) is 48.5 Å². The number of benzene rings is 2. The Kier molecular flexibility index (Phi) is 4.78. The zero-order valence-electron chi connectivity index (χ0n) is 13.8. The first-order chi connectivity index (χ1) is 12.5. The lowest BCUT2D eigenvalue weighted by atomic mass is 10.1. The highest BCUT2D eigenvalue weighted by Gasteiger charge is 2.27. The van der Waals surface area contributed by atoms with Gasteiger partial charge in [0.1, 0.15) is 5.56 Å². The van der Waals surface area contributed by atoms with E-state index < -0.39 is 9.85 Å². The van der Waals surface area contributed by atoms with Crippen molar-refractivity contribution in [2.24, 2.45) is 0 Å². The Morgan fingerprint density at radius 1 is 0.846 bits per heavy atom. The summed E-state index contributed by atoms with van der Waals surface area (Å²) < 4.78 is 0. The summed E-state index contributed by atoms with van der Waals surface area (Å²) in [6, 6.07) is 12.2. The smallest absolute Gasteiger partial charge is 0.282 e. The van der Waals surface area contributed by atoms with Gasteiger partial charge in [-0.15, -0.1) is 0 Å². The predicted octanol–water partition coefficient (Wildman–Crippen LogP) is 2.47. The lowest BCUT2D eigenvalue weighted by molar-refractivity contribution is -0.385. The van der Waals surface area contributed by atoms with Gasteiger partial charge in [0.25, 0.3) is 17.3 Å². The highest BCUT2D eigenvalue weighted by Crippen LogP contribution is 2.23. The van der Waals surface area contributed by atoms with E-state index in [4.69, 9.17) is 0 Å². The number of carbonyl (C=O) groups excluding carboxylic acids is 1. The minimum absolute atomic E-state index is 0.0268. The number of piperazine rings is 1. The summed E-state index contributed by atoms with van der Waals surface area (Å²) in [5.74, 6) is -0.361. The predicted molar refractivity (Wildman–Crippen MR) is 94.3 cm³/mol. The number of nitro groups is 2. The largest absolute Gasteiger partial charge is 0.368 e. The minimum atomic E-state index is -0.555. The van der Waals surface area contributed by atoms with Crippen molar-refractivity contribution in [1.29, 1.82) is 0 Å². The number of carbonyl (C=O) groups is 1. The molecule has 1 fully saturated rings. The molecule has 0 aromatic heterocycles. The van der Waals surface area contributed by atoms with Crippen LogP contribution in [0.3, 0.4) is 0 Å². The Bertz CT molecular complexity index is 844. The zero-order valence-corrected chi connectivity index (χ0v) is 13.8. The van der Waals surface area contributed by atoms with E-state index in [0.717, 1.165) is 5.69 Å². The SMILES string of the molecule is O=C(c1ccccc1[N+](=O)[O-])N1CCN(c2ccc([N+](=O)[O-])cc2)CC1. The second-order valence-corrected chi connectivity index (χ2v) is 5.83. The van der Waals surface area contributed by atoms with Gasteiger partial charge < -0.3 is 9.80 Å². The molecule has 0 unspecified atom stereocenters. The molecule has 9 heteroatoms. The van der Waals surface area contributed by atoms with Gasteiger partial charge in [-0.3, -0.25) is 25.0 Å². The van der Waals surface area contributed by atoms with E-state index in [1.165, 1.54) is 30.3 Å². The van der Waals surface area contributed by atoms with Gasteiger partial charge in [-0.25, -0.2) is 0 Å². The maximum absolute atomic E-state index is 12.6. The van der Waals surface area contributed by atoms with E-state index in [2.05, 4.69) is 0 Å². The first-order valence-electron chi connectivity index (χ1n) is 7.99. The molecule has 3 rings (SSSR count). The molecule has 0 saturated carbocycles. The fraction of sp³-hybridized carbons (Fsp3) is 0.235. The molecule has 0 N–H and O–H groups in total. The van der Waals surface area contributed by atoms with E-state index in [1.54, 1.807) is 23.1 Å². The number of para-hydroxylation sites is 1. The first kappa shape index (κ1) is 17.3. The standard InChI is InChI=1S/C17H16N4O5/c22-17(15-3-1-2-4-16(15)21(25)26)19-11-9-18(10-12-19)13-5-7-14(8-6-13)20(23)24/h1-8H,9-12H2. The number of hydrogen-bond donors (Lipinski definition) is 0. The summed E-state index contributed by atoms with van der Waals surface area (Å²) in [5.41, 5.74) is 0.754. The van der Waals surface area contributed by atoms with Crippen LogP contribution < -0.4 is 4.90 Å². The van der Waals surface area contributed by atoms with Crippen LogP contribution in [0.2, 0.25) is 0 Å². The third kappa shape index (κ3) is 3.46. The van der Waals surface area contributed by atoms with Crippen LogP contribution in [0.1, 0.15) is 10.4 Å². The maximum Gasteiger partial charge on any atom is 0.282 e. The number of amides is 1. The molecule has 26 heavy (non-hydrogen) atoms. The summed E-state index contributed by atoms with van der Waals surface area (Å²) >= 11 is 0. The van der Waals surface area contributed by atoms with Crippen LogP contribution in [-0.4, -0.2) is 46.8 Å². The van der Waals surface area contributed by atoms with Gasteiger partial charge in [0.15, 0.2) is 0 Å². The fourth-order valence-electron chi connectivity index (χ4n) is 2.94. The Hall–Kier alpha value is -3.49. The summed E-state index contributed by atoms with van der Waals surface area (Å²) in [6.07, 6.45) is 0. The molecule has 0 bridgehead atoms. The normalized spacial score (nSPS) is 14.2. The van der Waals surface area contributed by atoms with E-state index in [0.29, 0.717) is 26.2 Å². The van der Waals surface area contributed by atoms with Gasteiger partial charge in [0.2, 0.25) is 0 Å². The second-order valence-electron chi connectivity index (χ2n) is 5.83. The van der Waals surface area contributed by atoms with Gasteiger partial charge in [-0.05, 0) is 18.2 Å². The van der Waals surface area contributed by atoms with Crippen molar-refractivity contribution >= 4 is 23.0 Å². The molecule has 0 radical (unpaired) electrons. The molecule has 1 saturated heterocycles. The Morgan fingerprint density at radius 2 is 1.46 bits per heavy atom. The number of non-ortho nitro benzene ring substituents is 1. The van der Waals surface area contributed by atoms with Crippen molar-refractivity contribution in [2.75, 3.05) is 31.1 Å². The Labute approximate surface area is 148 Å². The van der Waals surface area contributed by atoms with Crippen LogP contribution in [0.4, 0.5) is 17.1 Å². The third-order valence-electron chi connectivity index (χ3n) is 4.32. The molecule has 0 atom stereocenters. The quantitative estimate of drug-likeness (QED) is 0.615. The summed E-state index contributed by atoms with van der Waals surface area (Å²) in [5, 5.41) is 21.8. The van der Waals surface area contributed by atoms with Crippen LogP contribution >= 0.6 is 0 Å². The highest BCUT2D eigenvalue weighted by molar-refractivity contribution is 5.98. The average molecular weight is 356 g/mol. The number of hydrogen-bond acceptors (Lipinski definition) is 6. The van der Waals surface area contributed by atoms with Crippen molar-refractivity contribution in [1.82, 2.24) is 4.90 Å². The lowest BCUT2D eigenvalue weighted by Gasteiger charge is -2.36. The molecular weight excluding hydrogens is 340 g/mol. The average Bonchev–Trinajstić information content (AvgIpc) is 2.67. The van der Waals surface area contributed by atoms with E-state index in [-0.39, 0.29) is 22.8 Å². The summed E-state index contributed by atoms with van der Waals surface area (Å²) in [7, 11) is 0. The first-order valence-corrected chi connectivity index (χ1v) is 7.99. The molecule has 134 valence electrons. The topological polar surface area (TPSA) is 110 Å². The molecule has 1 heterocycles. The number of nitro benzene ring substituents is 2. The lowest BCUT2D eigenvalue weighted by Crippen LogP contribution is -2.48. The molecule has 1 aliphatic heterocycles. The van der Waals surface area contributed by atoms with E-state index in [9.17, 15) is 25.0 Å². The van der Waals surface area contributed by atoms with Crippen molar-refractivity contribution in [2.45, 2.75) is 0 Å². The van der Waals surface area contributed by atoms with E-state index in [1.807, 2.05) is 4.90 Å². The molecule has 9 nitrogen and oxygen atoms in total. The highest BCUT2D eigenvalue weighted by atomic mass is 16.6. The molecule has 0 aliphatic carbocycles. The minimum Gasteiger partial charge on any atom is -0.368 e. The van der Waals surface area contributed by atoms with Gasteiger partial charge in [0.05, 0.1) is 9.85 Å². The molecule has 0 spiro atoms. The van der Waals surface area contributed by atoms with Gasteiger partial charge >= 0.3 is 0 Å². The van der Waals surface area contributed by atoms with Crippen molar-refractivity contribution in [3.63, 3.8) is 0 Å². The zero-order chi connectivity index (χ0) is 18.7. The van der Waals surface area contributed by atoms with Gasteiger partial charge in [0, 0.05) is 50.1 Å². The van der Waals surface area contributed by atoms with Crippen molar-refractivity contribution in [3.8, 4) is 0 Å². The van der Waals surface area contributed by atoms with Crippen LogP contribution in [0.25, 0.3) is 0 Å². The monoisotopic (exact) mass is 356 g/mol. The maximum atomic E-state index is 12.6. The third-order valence-corrected chi connectivity index (χ3v) is 4.32. The van der Waals surface area contributed by atoms with Gasteiger partial charge in [-0.1, -0.05) is 12.1 Å². The molecule has 2 aromatic rings. The van der Waals surface area contributed by atoms with Crippen LogP contribution in [0.5, 0.6) is 0 Å². The van der Waals surface area contributed by atoms with Gasteiger partial charge in [-0.2, -0.15) is 0 Å². The summed E-state index contributed by atoms with van der Waals surface area (Å²) in [4.78, 5) is 37.0. The van der Waals surface area contributed by atoms with Crippen LogP contribution in [0, 0.1) is 20.2 Å². The number of rotatable bonds is 4. The molecule has 2 aromatic carbocycles. The Balaban J connectivity index is 1.68. The fourth-order valence-corrected chi connectivity index (χ4v) is 2.94. The van der Waals surface area contributed by atoms with Crippen molar-refractivity contribution < 1.29 is 14.6 Å². The molecule has 1 aliphatic rings. The van der Waals surface area contributed by atoms with Crippen LogP contribution in [-0.2, 0) is 0 Å². The van der Waals surface area contributed by atoms with Crippen molar-refractivity contribution in [3.05, 3.63) is 74.3 Å². The molecular formula is C17H16N4O5. The number of nitrogens with zero attached hydrogens (tertiary/aromatic N) is 4. The van der Waals surface area contributed by atoms with E-state index >= 15 is 0 Å². The number of anilines is 1. The second kappa shape index (κ2) is 7.18.